The zero-order valence-electron chi connectivity index (χ0n) is 21.4. The first kappa shape index (κ1) is 28.2. The molecule has 0 saturated heterocycles. The second-order valence-electron chi connectivity index (χ2n) is 8.94. The molecule has 2 amide bonds. The molecule has 0 bridgehead atoms. The lowest BCUT2D eigenvalue weighted by Crippen LogP contribution is -2.51. The minimum atomic E-state index is -3.76. The number of benzene rings is 2. The van der Waals surface area contributed by atoms with Crippen molar-refractivity contribution in [2.45, 2.75) is 46.7 Å². The molecule has 1 unspecified atom stereocenters. The third-order valence-electron chi connectivity index (χ3n) is 5.68. The number of nitrogens with one attached hydrogen (secondary N) is 1. The van der Waals surface area contributed by atoms with Gasteiger partial charge in [0.1, 0.15) is 18.3 Å². The summed E-state index contributed by atoms with van der Waals surface area (Å²) in [6.07, 6.45) is 1.69. The van der Waals surface area contributed by atoms with Crippen molar-refractivity contribution in [3.8, 4) is 5.75 Å². The molecule has 0 aliphatic carbocycles. The van der Waals surface area contributed by atoms with E-state index in [1.54, 1.807) is 38.3 Å². The zero-order valence-corrected chi connectivity index (χ0v) is 22.3. The third-order valence-corrected chi connectivity index (χ3v) is 6.81. The first-order valence-corrected chi connectivity index (χ1v) is 13.6. The first-order valence-electron chi connectivity index (χ1n) is 11.7. The molecule has 192 valence electrons. The number of carbonyl (C=O) groups excluding carboxylic acids is 2. The average molecular weight is 504 g/mol. The monoisotopic (exact) mass is 503 g/mol. The lowest BCUT2D eigenvalue weighted by molar-refractivity contribution is -0.139. The molecule has 0 heterocycles. The number of rotatable bonds is 12. The van der Waals surface area contributed by atoms with Crippen LogP contribution >= 0.6 is 0 Å². The number of ether oxygens (including phenoxy) is 1. The van der Waals surface area contributed by atoms with Gasteiger partial charge in [-0.05, 0) is 48.6 Å². The van der Waals surface area contributed by atoms with E-state index in [-0.39, 0.29) is 18.4 Å². The van der Waals surface area contributed by atoms with Crippen molar-refractivity contribution in [3.05, 3.63) is 59.7 Å². The van der Waals surface area contributed by atoms with E-state index in [4.69, 9.17) is 4.74 Å². The van der Waals surface area contributed by atoms with Crippen LogP contribution in [-0.4, -0.2) is 57.6 Å². The van der Waals surface area contributed by atoms with Gasteiger partial charge in [-0.3, -0.25) is 13.9 Å². The van der Waals surface area contributed by atoms with E-state index in [0.29, 0.717) is 24.4 Å². The molecule has 0 radical (unpaired) electrons. The number of sulfonamides is 1. The fourth-order valence-electron chi connectivity index (χ4n) is 3.61. The minimum absolute atomic E-state index is 0.145. The highest BCUT2D eigenvalue weighted by Gasteiger charge is 2.30. The SMILES string of the molecule is CCc1ccccc1N(CC(=O)N(Cc1ccc(OC)cc1)C(C)C(=O)NCC(C)C)S(C)(=O)=O. The molecule has 0 aromatic heterocycles. The van der Waals surface area contributed by atoms with Crippen LogP contribution in [0.25, 0.3) is 0 Å². The van der Waals surface area contributed by atoms with Crippen molar-refractivity contribution >= 4 is 27.5 Å². The van der Waals surface area contributed by atoms with E-state index in [2.05, 4.69) is 5.32 Å². The summed E-state index contributed by atoms with van der Waals surface area (Å²) >= 11 is 0. The van der Waals surface area contributed by atoms with Gasteiger partial charge in [0, 0.05) is 13.1 Å². The Kier molecular flexibility index (Phi) is 10.1. The van der Waals surface area contributed by atoms with Gasteiger partial charge in [0.2, 0.25) is 21.8 Å². The summed E-state index contributed by atoms with van der Waals surface area (Å²) in [5, 5.41) is 2.87. The molecule has 8 nitrogen and oxygen atoms in total. The standard InChI is InChI=1S/C26H37N3O5S/c1-7-22-10-8-9-11-24(22)29(35(6,32)33)18-25(30)28(20(4)26(31)27-16-19(2)3)17-21-12-14-23(34-5)15-13-21/h8-15,19-20H,7,16-18H2,1-6H3,(H,27,31). The fraction of sp³-hybridized carbons (Fsp3) is 0.462. The number of hydrogen-bond acceptors (Lipinski definition) is 5. The molecule has 0 aliphatic heterocycles. The zero-order chi connectivity index (χ0) is 26.2. The van der Waals surface area contributed by atoms with Gasteiger partial charge in [-0.25, -0.2) is 8.42 Å². The predicted molar refractivity (Wildman–Crippen MR) is 139 cm³/mol. The third kappa shape index (κ3) is 7.99. The summed E-state index contributed by atoms with van der Waals surface area (Å²) in [5.41, 5.74) is 2.07. The van der Waals surface area contributed by atoms with E-state index in [0.717, 1.165) is 21.7 Å². The van der Waals surface area contributed by atoms with Gasteiger partial charge >= 0.3 is 0 Å². The van der Waals surface area contributed by atoms with Gasteiger partial charge in [0.25, 0.3) is 0 Å². The van der Waals surface area contributed by atoms with Crippen LogP contribution in [-0.2, 0) is 32.6 Å². The van der Waals surface area contributed by atoms with Crippen LogP contribution in [0.1, 0.15) is 38.8 Å². The molecular formula is C26H37N3O5S. The molecule has 1 N–H and O–H groups in total. The van der Waals surface area contributed by atoms with Crippen molar-refractivity contribution in [3.63, 3.8) is 0 Å². The normalized spacial score (nSPS) is 12.2. The molecule has 0 saturated carbocycles. The van der Waals surface area contributed by atoms with E-state index in [1.807, 2.05) is 45.0 Å². The maximum absolute atomic E-state index is 13.6. The second-order valence-corrected chi connectivity index (χ2v) is 10.8. The Hall–Kier alpha value is -3.07. The second kappa shape index (κ2) is 12.6. The number of para-hydroxylation sites is 1. The van der Waals surface area contributed by atoms with Crippen LogP contribution in [0.4, 0.5) is 5.69 Å². The molecular weight excluding hydrogens is 466 g/mol. The van der Waals surface area contributed by atoms with Crippen LogP contribution < -0.4 is 14.4 Å². The minimum Gasteiger partial charge on any atom is -0.497 e. The van der Waals surface area contributed by atoms with Crippen LogP contribution in [0.3, 0.4) is 0 Å². The highest BCUT2D eigenvalue weighted by molar-refractivity contribution is 7.92. The summed E-state index contributed by atoms with van der Waals surface area (Å²) < 4.78 is 31.8. The van der Waals surface area contributed by atoms with Crippen LogP contribution in [0, 0.1) is 5.92 Å². The molecule has 2 aromatic rings. The van der Waals surface area contributed by atoms with Gasteiger partial charge in [-0.1, -0.05) is 51.1 Å². The van der Waals surface area contributed by atoms with Crippen LogP contribution in [0.2, 0.25) is 0 Å². The largest absolute Gasteiger partial charge is 0.497 e. The summed E-state index contributed by atoms with van der Waals surface area (Å²) in [4.78, 5) is 27.9. The quantitative estimate of drug-likeness (QED) is 0.480. The fourth-order valence-corrected chi connectivity index (χ4v) is 4.49. The predicted octanol–water partition coefficient (Wildman–Crippen LogP) is 3.21. The van der Waals surface area contributed by atoms with Crippen molar-refractivity contribution in [1.82, 2.24) is 10.2 Å². The Morgan fingerprint density at radius 2 is 1.66 bits per heavy atom. The Morgan fingerprint density at radius 3 is 2.20 bits per heavy atom. The number of methoxy groups -OCH3 is 1. The van der Waals surface area contributed by atoms with Gasteiger partial charge in [0.15, 0.2) is 0 Å². The number of amides is 2. The van der Waals surface area contributed by atoms with E-state index in [1.165, 1.54) is 4.90 Å². The first-order chi connectivity index (χ1) is 16.5. The topological polar surface area (TPSA) is 96.0 Å². The Labute approximate surface area is 209 Å². The van der Waals surface area contributed by atoms with E-state index in [9.17, 15) is 18.0 Å². The van der Waals surface area contributed by atoms with Crippen LogP contribution in [0.15, 0.2) is 48.5 Å². The molecule has 2 aromatic carbocycles. The van der Waals surface area contributed by atoms with Crippen molar-refractivity contribution in [2.75, 3.05) is 30.8 Å². The highest BCUT2D eigenvalue weighted by atomic mass is 32.2. The number of carbonyl (C=O) groups is 2. The molecule has 0 spiro atoms. The van der Waals surface area contributed by atoms with Crippen molar-refractivity contribution < 1.29 is 22.7 Å². The highest BCUT2D eigenvalue weighted by Crippen LogP contribution is 2.24. The van der Waals surface area contributed by atoms with Crippen molar-refractivity contribution in [2.24, 2.45) is 5.92 Å². The van der Waals surface area contributed by atoms with E-state index < -0.39 is 28.5 Å². The number of nitrogens with zero attached hydrogens (tertiary/aromatic N) is 2. The number of aryl methyl sites for hydroxylation is 1. The Balaban J connectivity index is 2.39. The summed E-state index contributed by atoms with van der Waals surface area (Å²) in [6, 6.07) is 13.5. The molecule has 2 rings (SSSR count). The molecule has 1 atom stereocenters. The van der Waals surface area contributed by atoms with Crippen LogP contribution in [0.5, 0.6) is 5.75 Å². The molecule has 35 heavy (non-hydrogen) atoms. The summed E-state index contributed by atoms with van der Waals surface area (Å²) in [6.45, 7) is 7.77. The lowest BCUT2D eigenvalue weighted by atomic mass is 10.1. The number of anilines is 1. The van der Waals surface area contributed by atoms with Gasteiger partial charge < -0.3 is 15.0 Å². The summed E-state index contributed by atoms with van der Waals surface area (Å²) in [7, 11) is -2.19. The Morgan fingerprint density at radius 1 is 1.03 bits per heavy atom. The van der Waals surface area contributed by atoms with E-state index >= 15 is 0 Å². The number of hydrogen-bond donors (Lipinski definition) is 1. The molecule has 0 aliphatic rings. The van der Waals surface area contributed by atoms with Gasteiger partial charge in [-0.15, -0.1) is 0 Å². The molecule has 9 heteroatoms. The van der Waals surface area contributed by atoms with Crippen molar-refractivity contribution in [1.29, 1.82) is 0 Å². The van der Waals surface area contributed by atoms with Gasteiger partial charge in [0.05, 0.1) is 19.1 Å². The van der Waals surface area contributed by atoms with Gasteiger partial charge in [-0.2, -0.15) is 0 Å². The Bertz CT molecular complexity index is 1100. The maximum Gasteiger partial charge on any atom is 0.244 e. The molecule has 0 fully saturated rings. The lowest BCUT2D eigenvalue weighted by Gasteiger charge is -2.32. The smallest absolute Gasteiger partial charge is 0.244 e. The summed E-state index contributed by atoms with van der Waals surface area (Å²) in [5.74, 6) is 0.168. The maximum atomic E-state index is 13.6. The average Bonchev–Trinajstić information content (AvgIpc) is 2.83.